The predicted octanol–water partition coefficient (Wildman–Crippen LogP) is 3.91. The summed E-state index contributed by atoms with van der Waals surface area (Å²) in [7, 11) is 0. The Bertz CT molecular complexity index is 921. The average molecular weight is 371 g/mol. The van der Waals surface area contributed by atoms with Crippen molar-refractivity contribution in [2.24, 2.45) is 0 Å². The number of nitrogens with zero attached hydrogens (tertiary/aromatic N) is 1. The molecule has 134 valence electrons. The molecule has 0 bridgehead atoms. The third-order valence-electron chi connectivity index (χ3n) is 4.03. The van der Waals surface area contributed by atoms with Crippen molar-refractivity contribution in [2.75, 3.05) is 6.54 Å². The number of carbonyl (C=O) groups excluding carboxylic acids is 1. The predicted molar refractivity (Wildman–Crippen MR) is 100 cm³/mol. The maximum absolute atomic E-state index is 12.2. The van der Waals surface area contributed by atoms with Gasteiger partial charge in [0, 0.05) is 6.54 Å². The molecule has 0 aliphatic carbocycles. The number of hydrogen-bond acceptors (Lipinski definition) is 4. The molecule has 0 saturated heterocycles. The van der Waals surface area contributed by atoms with Gasteiger partial charge in [0.2, 0.25) is 11.8 Å². The van der Waals surface area contributed by atoms with Gasteiger partial charge in [-0.2, -0.15) is 0 Å². The molecule has 1 amide bonds. The number of oxazole rings is 1. The number of benzene rings is 2. The molecule has 0 radical (unpaired) electrons. The number of phenolic OH excluding ortho intramolecular Hbond substituents is 1. The Hall–Kier alpha value is -2.79. The second-order valence-corrected chi connectivity index (χ2v) is 6.31. The first-order valence-corrected chi connectivity index (χ1v) is 8.67. The molecule has 0 spiro atoms. The van der Waals surface area contributed by atoms with Crippen molar-refractivity contribution in [3.8, 4) is 17.2 Å². The van der Waals surface area contributed by atoms with Crippen LogP contribution >= 0.6 is 11.6 Å². The molecule has 3 rings (SSSR count). The lowest BCUT2D eigenvalue weighted by atomic mass is 10.1. The van der Waals surface area contributed by atoms with E-state index in [1.807, 2.05) is 30.3 Å². The van der Waals surface area contributed by atoms with Gasteiger partial charge in [0.1, 0.15) is 11.5 Å². The van der Waals surface area contributed by atoms with E-state index < -0.39 is 0 Å². The van der Waals surface area contributed by atoms with Crippen LogP contribution in [0.2, 0.25) is 5.02 Å². The maximum atomic E-state index is 12.2. The van der Waals surface area contributed by atoms with Crippen LogP contribution in [0.5, 0.6) is 5.75 Å². The van der Waals surface area contributed by atoms with E-state index in [2.05, 4.69) is 10.3 Å². The molecule has 0 saturated carbocycles. The number of aromatic hydroxyl groups is 1. The van der Waals surface area contributed by atoms with Crippen LogP contribution < -0.4 is 5.32 Å². The van der Waals surface area contributed by atoms with Crippen LogP contribution in [0.25, 0.3) is 11.5 Å². The molecule has 3 aromatic rings. The van der Waals surface area contributed by atoms with E-state index >= 15 is 0 Å². The first kappa shape index (κ1) is 18.0. The van der Waals surface area contributed by atoms with Gasteiger partial charge in [-0.3, -0.25) is 4.79 Å². The standard InChI is InChI=1S/C20H19ClN2O3/c1-13-17(23-20(26-13)15-7-3-4-8-16(15)21)12-19(25)22-11-10-14-6-2-5-9-18(14)24/h2-9,24H,10-12H2,1H3,(H,22,25). The summed E-state index contributed by atoms with van der Waals surface area (Å²) in [6.07, 6.45) is 0.682. The Morgan fingerprint density at radius 2 is 1.92 bits per heavy atom. The minimum absolute atomic E-state index is 0.126. The summed E-state index contributed by atoms with van der Waals surface area (Å²) in [5.74, 6) is 1.09. The number of aromatic nitrogens is 1. The van der Waals surface area contributed by atoms with Gasteiger partial charge in [-0.1, -0.05) is 41.9 Å². The van der Waals surface area contributed by atoms with Crippen molar-refractivity contribution in [3.05, 3.63) is 70.6 Å². The summed E-state index contributed by atoms with van der Waals surface area (Å²) >= 11 is 6.17. The third-order valence-corrected chi connectivity index (χ3v) is 4.36. The number of aryl methyl sites for hydroxylation is 1. The molecule has 0 aliphatic rings. The van der Waals surface area contributed by atoms with Crippen LogP contribution in [0, 0.1) is 6.92 Å². The van der Waals surface area contributed by atoms with Crippen LogP contribution in [-0.2, 0) is 17.6 Å². The topological polar surface area (TPSA) is 75.4 Å². The highest BCUT2D eigenvalue weighted by molar-refractivity contribution is 6.33. The molecule has 0 fully saturated rings. The monoisotopic (exact) mass is 370 g/mol. The smallest absolute Gasteiger partial charge is 0.228 e. The lowest BCUT2D eigenvalue weighted by Crippen LogP contribution is -2.27. The minimum atomic E-state index is -0.150. The highest BCUT2D eigenvalue weighted by atomic mass is 35.5. The fraction of sp³-hybridized carbons (Fsp3) is 0.200. The lowest BCUT2D eigenvalue weighted by molar-refractivity contribution is -0.120. The molecule has 5 nitrogen and oxygen atoms in total. The van der Waals surface area contributed by atoms with E-state index in [9.17, 15) is 9.90 Å². The first-order valence-electron chi connectivity index (χ1n) is 8.29. The lowest BCUT2D eigenvalue weighted by Gasteiger charge is -2.06. The number of hydrogen-bond donors (Lipinski definition) is 2. The molecule has 6 heteroatoms. The van der Waals surface area contributed by atoms with Gasteiger partial charge in [-0.15, -0.1) is 0 Å². The van der Waals surface area contributed by atoms with Gasteiger partial charge in [0.15, 0.2) is 0 Å². The van der Waals surface area contributed by atoms with Gasteiger partial charge < -0.3 is 14.8 Å². The van der Waals surface area contributed by atoms with E-state index in [4.69, 9.17) is 16.0 Å². The van der Waals surface area contributed by atoms with Crippen molar-refractivity contribution in [1.29, 1.82) is 0 Å². The molecule has 1 aromatic heterocycles. The second-order valence-electron chi connectivity index (χ2n) is 5.91. The van der Waals surface area contributed by atoms with Crippen molar-refractivity contribution in [3.63, 3.8) is 0 Å². The third kappa shape index (κ3) is 4.24. The van der Waals surface area contributed by atoms with Crippen LogP contribution in [0.3, 0.4) is 0 Å². The number of carbonyl (C=O) groups is 1. The van der Waals surface area contributed by atoms with Crippen LogP contribution in [0.15, 0.2) is 52.9 Å². The van der Waals surface area contributed by atoms with Crippen molar-refractivity contribution in [2.45, 2.75) is 19.8 Å². The number of para-hydroxylation sites is 1. The molecule has 26 heavy (non-hydrogen) atoms. The maximum Gasteiger partial charge on any atom is 0.228 e. The second kappa shape index (κ2) is 8.06. The molecule has 0 unspecified atom stereocenters. The van der Waals surface area contributed by atoms with E-state index in [-0.39, 0.29) is 18.1 Å². The van der Waals surface area contributed by atoms with Gasteiger partial charge in [-0.25, -0.2) is 4.98 Å². The number of nitrogens with one attached hydrogen (secondary N) is 1. The fourth-order valence-electron chi connectivity index (χ4n) is 2.62. The van der Waals surface area contributed by atoms with Crippen molar-refractivity contribution in [1.82, 2.24) is 10.3 Å². The zero-order valence-corrected chi connectivity index (χ0v) is 15.1. The Morgan fingerprint density at radius 1 is 1.19 bits per heavy atom. The van der Waals surface area contributed by atoms with E-state index in [0.29, 0.717) is 40.9 Å². The van der Waals surface area contributed by atoms with Gasteiger partial charge in [-0.05, 0) is 37.1 Å². The largest absolute Gasteiger partial charge is 0.508 e. The summed E-state index contributed by atoms with van der Waals surface area (Å²) in [5, 5.41) is 13.1. The molecule has 1 heterocycles. The average Bonchev–Trinajstić information content (AvgIpc) is 2.97. The summed E-state index contributed by atoms with van der Waals surface area (Å²) in [4.78, 5) is 16.6. The first-order chi connectivity index (χ1) is 12.5. The normalized spacial score (nSPS) is 10.7. The molecule has 0 atom stereocenters. The van der Waals surface area contributed by atoms with Crippen LogP contribution in [0.4, 0.5) is 0 Å². The van der Waals surface area contributed by atoms with Gasteiger partial charge in [0.25, 0.3) is 0 Å². The van der Waals surface area contributed by atoms with Gasteiger partial charge in [0.05, 0.1) is 22.7 Å². The number of amides is 1. The number of phenols is 1. The number of rotatable bonds is 6. The quantitative estimate of drug-likeness (QED) is 0.689. The molecular weight excluding hydrogens is 352 g/mol. The Morgan fingerprint density at radius 3 is 2.69 bits per heavy atom. The van der Waals surface area contributed by atoms with Crippen molar-refractivity contribution >= 4 is 17.5 Å². The SMILES string of the molecule is Cc1oc(-c2ccccc2Cl)nc1CC(=O)NCCc1ccccc1O. The Labute approximate surface area is 156 Å². The van der Waals surface area contributed by atoms with E-state index in [1.165, 1.54) is 0 Å². The molecule has 0 aliphatic heterocycles. The van der Waals surface area contributed by atoms with Gasteiger partial charge >= 0.3 is 0 Å². The highest BCUT2D eigenvalue weighted by Gasteiger charge is 2.16. The van der Waals surface area contributed by atoms with E-state index in [1.54, 1.807) is 25.1 Å². The fourth-order valence-corrected chi connectivity index (χ4v) is 2.83. The molecule has 2 aromatic carbocycles. The summed E-state index contributed by atoms with van der Waals surface area (Å²) in [6, 6.07) is 14.4. The minimum Gasteiger partial charge on any atom is -0.508 e. The molecule has 2 N–H and O–H groups in total. The summed E-state index contributed by atoms with van der Waals surface area (Å²) in [5.41, 5.74) is 2.08. The molecular formula is C20H19ClN2O3. The zero-order chi connectivity index (χ0) is 18.5. The Balaban J connectivity index is 1.60. The summed E-state index contributed by atoms with van der Waals surface area (Å²) in [6.45, 7) is 2.21. The number of halogens is 1. The van der Waals surface area contributed by atoms with E-state index in [0.717, 1.165) is 5.56 Å². The zero-order valence-electron chi connectivity index (χ0n) is 14.3. The van der Waals surface area contributed by atoms with Crippen LogP contribution in [0.1, 0.15) is 17.0 Å². The van der Waals surface area contributed by atoms with Crippen molar-refractivity contribution < 1.29 is 14.3 Å². The Kier molecular flexibility index (Phi) is 5.58. The summed E-state index contributed by atoms with van der Waals surface area (Å²) < 4.78 is 5.66. The van der Waals surface area contributed by atoms with Crippen LogP contribution in [-0.4, -0.2) is 22.5 Å². The highest BCUT2D eigenvalue weighted by Crippen LogP contribution is 2.28.